The van der Waals surface area contributed by atoms with Crippen LogP contribution in [-0.4, -0.2) is 19.7 Å². The highest BCUT2D eigenvalue weighted by atomic mass is 32.2. The normalized spacial score (nSPS) is 11.9. The molecule has 0 aliphatic carbocycles. The van der Waals surface area contributed by atoms with Gasteiger partial charge in [-0.05, 0) is 17.5 Å². The van der Waals surface area contributed by atoms with Crippen LogP contribution in [0.5, 0.6) is 0 Å². The first-order chi connectivity index (χ1) is 7.96. The zero-order chi connectivity index (χ0) is 12.5. The monoisotopic (exact) mass is 255 g/mol. The molecule has 90 valence electrons. The van der Waals surface area contributed by atoms with Crippen LogP contribution in [0.2, 0.25) is 0 Å². The topological polar surface area (TPSA) is 56.3 Å². The summed E-state index contributed by atoms with van der Waals surface area (Å²) >= 11 is 0. The van der Waals surface area contributed by atoms with Crippen LogP contribution < -0.4 is 0 Å². The summed E-state index contributed by atoms with van der Waals surface area (Å²) in [6, 6.07) is 6.25. The summed E-state index contributed by atoms with van der Waals surface area (Å²) < 4.78 is 39.6. The summed E-state index contributed by atoms with van der Waals surface area (Å²) in [6.07, 6.45) is 2.33. The largest absolute Gasteiger partial charge is 0.264 e. The highest BCUT2D eigenvalue weighted by molar-refractivity contribution is 7.85. The molecule has 4 nitrogen and oxygen atoms in total. The van der Waals surface area contributed by atoms with Crippen LogP contribution in [-0.2, 0) is 20.9 Å². The summed E-state index contributed by atoms with van der Waals surface area (Å²) in [5.74, 6) is -0.356. The average Bonchev–Trinajstić information content (AvgIpc) is 2.26. The average molecular weight is 255 g/mol. The Morgan fingerprint density at radius 2 is 2.18 bits per heavy atom. The molecule has 0 saturated heterocycles. The predicted molar refractivity (Wildman–Crippen MR) is 61.3 cm³/mol. The number of hydrogen-bond acceptors (Lipinski definition) is 4. The lowest BCUT2D eigenvalue weighted by molar-refractivity contribution is 0.307. The molecule has 0 unspecified atom stereocenters. The van der Waals surface area contributed by atoms with E-state index >= 15 is 0 Å². The number of pyridine rings is 1. The molecule has 1 aromatic carbocycles. The maximum absolute atomic E-state index is 13.3. The molecule has 2 rings (SSSR count). The van der Waals surface area contributed by atoms with Crippen LogP contribution in [0.15, 0.2) is 30.5 Å². The molecule has 2 aromatic rings. The van der Waals surface area contributed by atoms with Gasteiger partial charge in [0, 0.05) is 11.6 Å². The number of benzene rings is 1. The first-order valence-electron chi connectivity index (χ1n) is 4.83. The second-order valence-corrected chi connectivity index (χ2v) is 5.25. The molecular formula is C11H10FNO3S. The van der Waals surface area contributed by atoms with Crippen LogP contribution in [0, 0.1) is 5.82 Å². The van der Waals surface area contributed by atoms with Gasteiger partial charge in [-0.15, -0.1) is 0 Å². The standard InChI is InChI=1S/C11H10FNO3S/c1-17(14,15)16-7-9-5-8-3-2-4-11(12)10(8)6-13-9/h2-6H,7H2,1H3. The van der Waals surface area contributed by atoms with Gasteiger partial charge in [0.15, 0.2) is 0 Å². The summed E-state index contributed by atoms with van der Waals surface area (Å²) in [5, 5.41) is 1.06. The molecule has 0 bridgehead atoms. The third-order valence-corrected chi connectivity index (χ3v) is 2.74. The summed E-state index contributed by atoms with van der Waals surface area (Å²) in [7, 11) is -3.50. The van der Waals surface area contributed by atoms with Crippen molar-refractivity contribution < 1.29 is 17.0 Å². The lowest BCUT2D eigenvalue weighted by Gasteiger charge is -2.03. The van der Waals surface area contributed by atoms with Crippen LogP contribution in [0.3, 0.4) is 0 Å². The fraction of sp³-hybridized carbons (Fsp3) is 0.182. The molecule has 0 fully saturated rings. The Kier molecular flexibility index (Phi) is 3.08. The third kappa shape index (κ3) is 2.98. The molecule has 0 radical (unpaired) electrons. The molecule has 0 aliphatic heterocycles. The van der Waals surface area contributed by atoms with Gasteiger partial charge in [-0.2, -0.15) is 8.42 Å². The van der Waals surface area contributed by atoms with Gasteiger partial charge in [0.05, 0.1) is 11.9 Å². The van der Waals surface area contributed by atoms with Crippen molar-refractivity contribution in [2.24, 2.45) is 0 Å². The zero-order valence-electron chi connectivity index (χ0n) is 9.05. The van der Waals surface area contributed by atoms with Crippen molar-refractivity contribution in [3.05, 3.63) is 42.0 Å². The number of nitrogens with zero attached hydrogens (tertiary/aromatic N) is 1. The van der Waals surface area contributed by atoms with Gasteiger partial charge in [-0.1, -0.05) is 12.1 Å². The van der Waals surface area contributed by atoms with Crippen molar-refractivity contribution in [2.45, 2.75) is 6.61 Å². The molecule has 0 amide bonds. The first kappa shape index (κ1) is 11.9. The summed E-state index contributed by atoms with van der Waals surface area (Å²) in [5.41, 5.74) is 0.438. The number of rotatable bonds is 3. The van der Waals surface area contributed by atoms with E-state index in [0.717, 1.165) is 6.26 Å². The Balaban J connectivity index is 2.32. The second kappa shape index (κ2) is 4.38. The molecule has 17 heavy (non-hydrogen) atoms. The van der Waals surface area contributed by atoms with Gasteiger partial charge >= 0.3 is 0 Å². The molecule has 1 aromatic heterocycles. The van der Waals surface area contributed by atoms with Crippen LogP contribution in [0.1, 0.15) is 5.69 Å². The number of hydrogen-bond donors (Lipinski definition) is 0. The van der Waals surface area contributed by atoms with E-state index < -0.39 is 10.1 Å². The Bertz CT molecular complexity index is 655. The third-order valence-electron chi connectivity index (χ3n) is 2.19. The molecule has 1 heterocycles. The molecule has 0 spiro atoms. The van der Waals surface area contributed by atoms with Crippen molar-refractivity contribution >= 4 is 20.9 Å². The summed E-state index contributed by atoms with van der Waals surface area (Å²) in [6.45, 7) is -0.148. The minimum absolute atomic E-state index is 0.148. The van der Waals surface area contributed by atoms with Crippen molar-refractivity contribution in [2.75, 3.05) is 6.26 Å². The Hall–Kier alpha value is -1.53. The fourth-order valence-electron chi connectivity index (χ4n) is 1.43. The van der Waals surface area contributed by atoms with Crippen molar-refractivity contribution in [1.82, 2.24) is 4.98 Å². The smallest absolute Gasteiger partial charge is 0.264 e. The highest BCUT2D eigenvalue weighted by Crippen LogP contribution is 2.17. The van der Waals surface area contributed by atoms with Crippen LogP contribution >= 0.6 is 0 Å². The van der Waals surface area contributed by atoms with E-state index in [0.29, 0.717) is 16.5 Å². The lowest BCUT2D eigenvalue weighted by Crippen LogP contribution is -2.03. The maximum Gasteiger partial charge on any atom is 0.264 e. The first-order valence-corrected chi connectivity index (χ1v) is 6.65. The number of fused-ring (bicyclic) bond motifs is 1. The van der Waals surface area contributed by atoms with E-state index in [1.807, 2.05) is 0 Å². The van der Waals surface area contributed by atoms with Gasteiger partial charge < -0.3 is 0 Å². The molecule has 0 saturated carbocycles. The summed E-state index contributed by atoms with van der Waals surface area (Å²) in [4.78, 5) is 3.94. The molecule has 0 N–H and O–H groups in total. The quantitative estimate of drug-likeness (QED) is 0.785. The van der Waals surface area contributed by atoms with Gasteiger partial charge in [-0.25, -0.2) is 4.39 Å². The van der Waals surface area contributed by atoms with E-state index in [1.54, 1.807) is 18.2 Å². The molecular weight excluding hydrogens is 245 g/mol. The van der Waals surface area contributed by atoms with E-state index in [4.69, 9.17) is 0 Å². The maximum atomic E-state index is 13.3. The Labute approximate surface area is 98.2 Å². The van der Waals surface area contributed by atoms with Crippen molar-refractivity contribution in [1.29, 1.82) is 0 Å². The molecule has 6 heteroatoms. The Morgan fingerprint density at radius 3 is 2.88 bits per heavy atom. The minimum Gasteiger partial charge on any atom is -0.264 e. The van der Waals surface area contributed by atoms with E-state index in [9.17, 15) is 12.8 Å². The van der Waals surface area contributed by atoms with E-state index in [1.165, 1.54) is 12.3 Å². The van der Waals surface area contributed by atoms with Crippen LogP contribution in [0.4, 0.5) is 4.39 Å². The second-order valence-electron chi connectivity index (χ2n) is 3.60. The van der Waals surface area contributed by atoms with Gasteiger partial charge in [0.2, 0.25) is 0 Å². The van der Waals surface area contributed by atoms with Crippen molar-refractivity contribution in [3.63, 3.8) is 0 Å². The zero-order valence-corrected chi connectivity index (χ0v) is 9.87. The fourth-order valence-corrected chi connectivity index (χ4v) is 1.76. The molecule has 0 atom stereocenters. The van der Waals surface area contributed by atoms with Gasteiger partial charge in [-0.3, -0.25) is 9.17 Å². The van der Waals surface area contributed by atoms with Gasteiger partial charge in [0.25, 0.3) is 10.1 Å². The minimum atomic E-state index is -3.50. The van der Waals surface area contributed by atoms with Gasteiger partial charge in [0.1, 0.15) is 12.4 Å². The van der Waals surface area contributed by atoms with E-state index in [2.05, 4.69) is 9.17 Å². The number of halogens is 1. The highest BCUT2D eigenvalue weighted by Gasteiger charge is 2.06. The number of aromatic nitrogens is 1. The van der Waals surface area contributed by atoms with E-state index in [-0.39, 0.29) is 12.4 Å². The van der Waals surface area contributed by atoms with Crippen molar-refractivity contribution in [3.8, 4) is 0 Å². The Morgan fingerprint density at radius 1 is 1.41 bits per heavy atom. The molecule has 0 aliphatic rings. The SMILES string of the molecule is CS(=O)(=O)OCc1cc2cccc(F)c2cn1. The lowest BCUT2D eigenvalue weighted by atomic mass is 10.1. The predicted octanol–water partition coefficient (Wildman–Crippen LogP) is 1.85. The van der Waals surface area contributed by atoms with Crippen LogP contribution in [0.25, 0.3) is 10.8 Å².